The molecule has 0 aromatic heterocycles. The van der Waals surface area contributed by atoms with Crippen LogP contribution < -0.4 is 11.1 Å². The lowest BCUT2D eigenvalue weighted by Gasteiger charge is -2.31. The number of piperidine rings is 1. The highest BCUT2D eigenvalue weighted by Gasteiger charge is 2.26. The molecule has 1 amide bonds. The molecule has 0 atom stereocenters. The molecule has 1 aliphatic rings. The minimum absolute atomic E-state index is 0.0536. The molecule has 1 heterocycles. The van der Waals surface area contributed by atoms with Crippen molar-refractivity contribution in [3.8, 4) is 0 Å². The van der Waals surface area contributed by atoms with Gasteiger partial charge in [-0.25, -0.2) is 12.7 Å². The maximum absolute atomic E-state index is 12.0. The zero-order valence-electron chi connectivity index (χ0n) is 13.4. The Balaban J connectivity index is 2.31. The smallest absolute Gasteiger partial charge is 0.220 e. The third kappa shape index (κ3) is 6.76. The van der Waals surface area contributed by atoms with Gasteiger partial charge < -0.3 is 11.1 Å². The molecule has 1 saturated heterocycles. The molecule has 0 aromatic rings. The Bertz CT molecular complexity index is 440. The van der Waals surface area contributed by atoms with Gasteiger partial charge >= 0.3 is 0 Å². The minimum Gasteiger partial charge on any atom is -0.353 e. The molecule has 0 spiro atoms. The summed E-state index contributed by atoms with van der Waals surface area (Å²) in [7, 11) is -3.10. The van der Waals surface area contributed by atoms with Crippen molar-refractivity contribution in [1.29, 1.82) is 0 Å². The van der Waals surface area contributed by atoms with E-state index in [4.69, 9.17) is 5.73 Å². The lowest BCUT2D eigenvalue weighted by molar-refractivity contribution is -0.122. The fraction of sp³-hybridized carbons (Fsp3) is 0.929. The highest BCUT2D eigenvalue weighted by molar-refractivity contribution is 7.88. The van der Waals surface area contributed by atoms with Crippen molar-refractivity contribution in [2.45, 2.75) is 52.0 Å². The van der Waals surface area contributed by atoms with E-state index in [2.05, 4.69) is 19.2 Å². The summed E-state index contributed by atoms with van der Waals surface area (Å²) in [6.45, 7) is 5.86. The van der Waals surface area contributed by atoms with Crippen molar-refractivity contribution >= 4 is 15.9 Å². The predicted molar refractivity (Wildman–Crippen MR) is 84.3 cm³/mol. The average molecular weight is 319 g/mol. The summed E-state index contributed by atoms with van der Waals surface area (Å²) < 4.78 is 24.3. The summed E-state index contributed by atoms with van der Waals surface area (Å²) in [6, 6.07) is 0.0909. The predicted octanol–water partition coefficient (Wildman–Crippen LogP) is 0.682. The molecular formula is C14H29N3O3S. The molecule has 0 aromatic carbocycles. The van der Waals surface area contributed by atoms with Crippen LogP contribution >= 0.6 is 0 Å². The summed E-state index contributed by atoms with van der Waals surface area (Å²) in [5.74, 6) is 0.0536. The summed E-state index contributed by atoms with van der Waals surface area (Å²) >= 11 is 0. The topological polar surface area (TPSA) is 92.5 Å². The first-order valence-electron chi connectivity index (χ1n) is 7.58. The van der Waals surface area contributed by atoms with Gasteiger partial charge in [-0.15, -0.1) is 0 Å². The second-order valence-corrected chi connectivity index (χ2v) is 8.69. The Labute approximate surface area is 128 Å². The van der Waals surface area contributed by atoms with Crippen LogP contribution in [-0.2, 0) is 14.8 Å². The number of nitrogens with two attached hydrogens (primary N) is 1. The summed E-state index contributed by atoms with van der Waals surface area (Å²) in [4.78, 5) is 12.0. The van der Waals surface area contributed by atoms with Crippen molar-refractivity contribution in [2.24, 2.45) is 11.1 Å². The van der Waals surface area contributed by atoms with Crippen molar-refractivity contribution < 1.29 is 13.2 Å². The fourth-order valence-corrected chi connectivity index (χ4v) is 3.47. The second kappa shape index (κ2) is 7.56. The Morgan fingerprint density at radius 2 is 1.86 bits per heavy atom. The van der Waals surface area contributed by atoms with E-state index in [1.54, 1.807) is 0 Å². The van der Waals surface area contributed by atoms with Gasteiger partial charge in [-0.1, -0.05) is 13.8 Å². The van der Waals surface area contributed by atoms with Crippen molar-refractivity contribution in [3.63, 3.8) is 0 Å². The zero-order valence-corrected chi connectivity index (χ0v) is 14.2. The highest BCUT2D eigenvalue weighted by atomic mass is 32.2. The molecule has 21 heavy (non-hydrogen) atoms. The van der Waals surface area contributed by atoms with Gasteiger partial charge in [0.1, 0.15) is 0 Å². The number of nitrogens with zero attached hydrogens (tertiary/aromatic N) is 1. The normalized spacial score (nSPS) is 18.7. The van der Waals surface area contributed by atoms with E-state index >= 15 is 0 Å². The van der Waals surface area contributed by atoms with Crippen LogP contribution in [-0.4, -0.2) is 50.6 Å². The number of carbonyl (C=O) groups excluding carboxylic acids is 1. The van der Waals surface area contributed by atoms with Crippen molar-refractivity contribution in [1.82, 2.24) is 9.62 Å². The van der Waals surface area contributed by atoms with Gasteiger partial charge in [-0.05, 0) is 37.6 Å². The molecular weight excluding hydrogens is 290 g/mol. The number of hydrogen-bond donors (Lipinski definition) is 2. The average Bonchev–Trinajstić information content (AvgIpc) is 2.36. The molecule has 124 valence electrons. The lowest BCUT2D eigenvalue weighted by atomic mass is 9.84. The molecule has 3 N–H and O–H groups in total. The van der Waals surface area contributed by atoms with Crippen LogP contribution in [0.4, 0.5) is 0 Å². The number of carbonyl (C=O) groups is 1. The van der Waals surface area contributed by atoms with Crippen LogP contribution in [0.1, 0.15) is 46.0 Å². The first-order chi connectivity index (χ1) is 9.64. The van der Waals surface area contributed by atoms with Crippen molar-refractivity contribution in [2.75, 3.05) is 25.9 Å². The van der Waals surface area contributed by atoms with Gasteiger partial charge in [-0.3, -0.25) is 4.79 Å². The Morgan fingerprint density at radius 1 is 1.29 bits per heavy atom. The number of sulfonamides is 1. The Morgan fingerprint density at radius 3 is 2.33 bits per heavy atom. The van der Waals surface area contributed by atoms with E-state index in [1.165, 1.54) is 10.6 Å². The number of amides is 1. The molecule has 0 saturated carbocycles. The first-order valence-corrected chi connectivity index (χ1v) is 9.43. The minimum atomic E-state index is -3.10. The van der Waals surface area contributed by atoms with Gasteiger partial charge in [0.25, 0.3) is 0 Å². The van der Waals surface area contributed by atoms with Gasteiger partial charge in [0.15, 0.2) is 0 Å². The molecule has 7 heteroatoms. The molecule has 0 aliphatic carbocycles. The van der Waals surface area contributed by atoms with E-state index in [0.29, 0.717) is 38.9 Å². The van der Waals surface area contributed by atoms with E-state index < -0.39 is 10.0 Å². The van der Waals surface area contributed by atoms with Crippen molar-refractivity contribution in [3.05, 3.63) is 0 Å². The molecule has 1 fully saturated rings. The fourth-order valence-electron chi connectivity index (χ4n) is 2.60. The van der Waals surface area contributed by atoms with E-state index in [9.17, 15) is 13.2 Å². The van der Waals surface area contributed by atoms with Crippen LogP contribution in [0, 0.1) is 5.41 Å². The van der Waals surface area contributed by atoms with Crippen LogP contribution in [0.2, 0.25) is 0 Å². The van der Waals surface area contributed by atoms with Crippen LogP contribution in [0.25, 0.3) is 0 Å². The monoisotopic (exact) mass is 319 g/mol. The van der Waals surface area contributed by atoms with E-state index in [1.807, 2.05) is 0 Å². The Hall–Kier alpha value is -0.660. The molecule has 0 unspecified atom stereocenters. The van der Waals surface area contributed by atoms with Crippen LogP contribution in [0.5, 0.6) is 0 Å². The van der Waals surface area contributed by atoms with Gasteiger partial charge in [-0.2, -0.15) is 0 Å². The quantitative estimate of drug-likeness (QED) is 0.722. The molecule has 0 bridgehead atoms. The van der Waals surface area contributed by atoms with E-state index in [-0.39, 0.29) is 17.4 Å². The molecule has 0 radical (unpaired) electrons. The van der Waals surface area contributed by atoms with Crippen LogP contribution in [0.3, 0.4) is 0 Å². The zero-order chi connectivity index (χ0) is 16.1. The van der Waals surface area contributed by atoms with Gasteiger partial charge in [0.2, 0.25) is 15.9 Å². The third-order valence-corrected chi connectivity index (χ3v) is 5.44. The number of rotatable bonds is 7. The molecule has 1 aliphatic heterocycles. The van der Waals surface area contributed by atoms with E-state index in [0.717, 1.165) is 12.8 Å². The maximum atomic E-state index is 12.0. The van der Waals surface area contributed by atoms with Gasteiger partial charge in [0.05, 0.1) is 6.26 Å². The van der Waals surface area contributed by atoms with Gasteiger partial charge in [0, 0.05) is 25.6 Å². The lowest BCUT2D eigenvalue weighted by Crippen LogP contribution is -2.46. The summed E-state index contributed by atoms with van der Waals surface area (Å²) in [5, 5.41) is 3.01. The highest BCUT2D eigenvalue weighted by Crippen LogP contribution is 2.25. The maximum Gasteiger partial charge on any atom is 0.220 e. The number of hydrogen-bond acceptors (Lipinski definition) is 4. The standard InChI is InChI=1S/C14H29N3O3S/c1-14(2,8-9-15)7-4-13(18)16-12-5-10-17(11-6-12)21(3,19)20/h12H,4-11,15H2,1-3H3,(H,16,18). The summed E-state index contributed by atoms with van der Waals surface area (Å²) in [6.07, 6.45) is 4.83. The molecule has 6 nitrogen and oxygen atoms in total. The molecule has 1 rings (SSSR count). The van der Waals surface area contributed by atoms with Crippen LogP contribution in [0.15, 0.2) is 0 Å². The Kier molecular flexibility index (Phi) is 6.62. The third-order valence-electron chi connectivity index (χ3n) is 4.14. The first kappa shape index (κ1) is 18.4. The SMILES string of the molecule is CC(C)(CCN)CCC(=O)NC1CCN(S(C)(=O)=O)CC1. The number of nitrogens with one attached hydrogen (secondary N) is 1. The largest absolute Gasteiger partial charge is 0.353 e. The second-order valence-electron chi connectivity index (χ2n) is 6.71. The summed E-state index contributed by atoms with van der Waals surface area (Å²) in [5.41, 5.74) is 5.65.